The number of nitrogens with zero attached hydrogens (tertiary/aromatic N) is 4. The van der Waals surface area contributed by atoms with Gasteiger partial charge in [-0.15, -0.1) is 16.4 Å². The molecule has 0 saturated carbocycles. The predicted octanol–water partition coefficient (Wildman–Crippen LogP) is 3.94. The van der Waals surface area contributed by atoms with Gasteiger partial charge in [0.2, 0.25) is 0 Å². The van der Waals surface area contributed by atoms with Gasteiger partial charge in [0.05, 0.1) is 21.4 Å². The Bertz CT molecular complexity index is 1090. The monoisotopic (exact) mass is 351 g/mol. The summed E-state index contributed by atoms with van der Waals surface area (Å²) in [5, 5.41) is 15.6. The van der Waals surface area contributed by atoms with Crippen LogP contribution in [-0.4, -0.2) is 30.9 Å². The number of hydrogen-bond donors (Lipinski definition) is 2. The van der Waals surface area contributed by atoms with Gasteiger partial charge in [-0.3, -0.25) is 5.32 Å². The van der Waals surface area contributed by atoms with E-state index in [4.69, 9.17) is 5.11 Å². The maximum Gasteiger partial charge on any atom is 0.410 e. The molecule has 0 radical (unpaired) electrons. The Labute approximate surface area is 146 Å². The molecule has 0 aliphatic heterocycles. The summed E-state index contributed by atoms with van der Waals surface area (Å²) in [4.78, 5) is 19.7. The van der Waals surface area contributed by atoms with Crippen molar-refractivity contribution in [2.75, 3.05) is 5.32 Å². The van der Waals surface area contributed by atoms with E-state index in [1.807, 2.05) is 43.3 Å². The van der Waals surface area contributed by atoms with Crippen molar-refractivity contribution in [1.82, 2.24) is 19.7 Å². The van der Waals surface area contributed by atoms with Crippen molar-refractivity contribution < 1.29 is 9.90 Å². The molecule has 3 aromatic heterocycles. The molecule has 3 heterocycles. The zero-order valence-corrected chi connectivity index (χ0v) is 14.0. The second kappa shape index (κ2) is 5.99. The van der Waals surface area contributed by atoms with Crippen LogP contribution in [0.3, 0.4) is 0 Å². The quantitative estimate of drug-likeness (QED) is 0.583. The van der Waals surface area contributed by atoms with Crippen LogP contribution in [0.15, 0.2) is 48.0 Å². The van der Waals surface area contributed by atoms with Crippen LogP contribution in [0.1, 0.15) is 5.69 Å². The van der Waals surface area contributed by atoms with Crippen molar-refractivity contribution >= 4 is 33.5 Å². The summed E-state index contributed by atoms with van der Waals surface area (Å²) in [6.07, 6.45) is -1.16. The lowest BCUT2D eigenvalue weighted by molar-refractivity contribution is 0.209. The zero-order valence-electron chi connectivity index (χ0n) is 13.2. The van der Waals surface area contributed by atoms with Gasteiger partial charge in [-0.1, -0.05) is 12.1 Å². The first kappa shape index (κ1) is 15.3. The summed E-state index contributed by atoms with van der Waals surface area (Å²) in [5.74, 6) is 0.869. The molecule has 4 aromatic rings. The first-order chi connectivity index (χ1) is 12.1. The molecule has 25 heavy (non-hydrogen) atoms. The fourth-order valence-corrected chi connectivity index (χ4v) is 3.31. The Hall–Kier alpha value is -3.26. The number of thiazole rings is 1. The summed E-state index contributed by atoms with van der Waals surface area (Å²) < 4.78 is 2.69. The smallest absolute Gasteiger partial charge is 0.410 e. The maximum absolute atomic E-state index is 11.0. The number of fused-ring (bicyclic) bond motifs is 1. The molecule has 0 aliphatic rings. The molecule has 0 fully saturated rings. The molecule has 8 heteroatoms. The summed E-state index contributed by atoms with van der Waals surface area (Å²) >= 11 is 1.55. The van der Waals surface area contributed by atoms with E-state index in [0.29, 0.717) is 5.82 Å². The highest BCUT2D eigenvalue weighted by Crippen LogP contribution is 2.29. The zero-order chi connectivity index (χ0) is 17.4. The van der Waals surface area contributed by atoms with Crippen molar-refractivity contribution in [2.45, 2.75) is 6.92 Å². The number of pyridine rings is 1. The van der Waals surface area contributed by atoms with E-state index in [-0.39, 0.29) is 5.82 Å². The van der Waals surface area contributed by atoms with E-state index >= 15 is 0 Å². The number of aryl methyl sites for hydroxylation is 1. The fraction of sp³-hybridized carbons (Fsp3) is 0.0588. The summed E-state index contributed by atoms with van der Waals surface area (Å²) in [6, 6.07) is 13.2. The molecule has 0 unspecified atom stereocenters. The number of anilines is 1. The van der Waals surface area contributed by atoms with Crippen LogP contribution in [0, 0.1) is 6.92 Å². The lowest BCUT2D eigenvalue weighted by Crippen LogP contribution is -2.08. The molecular weight excluding hydrogens is 338 g/mol. The summed E-state index contributed by atoms with van der Waals surface area (Å²) in [6.45, 7) is 1.90. The third-order valence-corrected chi connectivity index (χ3v) is 4.45. The number of carbonyl (C=O) groups is 1. The summed E-state index contributed by atoms with van der Waals surface area (Å²) in [5.41, 5.74) is 5.23. The molecule has 0 atom stereocenters. The third-order valence-electron chi connectivity index (χ3n) is 3.66. The molecule has 1 aromatic carbocycles. The standard InChI is InChI=1S/C17H13N5O2S/c1-10-3-2-4-16(19-10)22-13(8-15(21-22)20-17(23)24)11-5-6-12-14(7-11)25-9-18-12/h2-9H,1H3,(H,20,21)(H,23,24). The molecule has 7 nitrogen and oxygen atoms in total. The normalized spacial score (nSPS) is 10.9. The number of benzene rings is 1. The highest BCUT2D eigenvalue weighted by Gasteiger charge is 2.15. The molecule has 4 rings (SSSR count). The first-order valence-electron chi connectivity index (χ1n) is 7.48. The van der Waals surface area contributed by atoms with Crippen LogP contribution in [0.5, 0.6) is 0 Å². The van der Waals surface area contributed by atoms with Crippen molar-refractivity contribution in [3.63, 3.8) is 0 Å². The van der Waals surface area contributed by atoms with Crippen LogP contribution in [0.2, 0.25) is 0 Å². The van der Waals surface area contributed by atoms with E-state index in [0.717, 1.165) is 27.2 Å². The third kappa shape index (κ3) is 2.94. The van der Waals surface area contributed by atoms with E-state index in [2.05, 4.69) is 20.4 Å². The van der Waals surface area contributed by atoms with Crippen LogP contribution >= 0.6 is 11.3 Å². The van der Waals surface area contributed by atoms with E-state index < -0.39 is 6.09 Å². The minimum Gasteiger partial charge on any atom is -0.465 e. The Kier molecular flexibility index (Phi) is 3.66. The maximum atomic E-state index is 11.0. The van der Waals surface area contributed by atoms with Crippen molar-refractivity contribution in [3.05, 3.63) is 53.7 Å². The van der Waals surface area contributed by atoms with Crippen molar-refractivity contribution in [1.29, 1.82) is 0 Å². The van der Waals surface area contributed by atoms with Crippen LogP contribution in [0.4, 0.5) is 10.6 Å². The number of carboxylic acid groups (broad SMARTS) is 1. The molecule has 1 amide bonds. The number of amides is 1. The molecule has 0 saturated heterocycles. The Morgan fingerprint density at radius 3 is 2.92 bits per heavy atom. The molecule has 0 aliphatic carbocycles. The van der Waals surface area contributed by atoms with Gasteiger partial charge in [0.25, 0.3) is 0 Å². The van der Waals surface area contributed by atoms with Crippen molar-refractivity contribution in [2.24, 2.45) is 0 Å². The van der Waals surface area contributed by atoms with Gasteiger partial charge < -0.3 is 5.11 Å². The van der Waals surface area contributed by atoms with Gasteiger partial charge in [0.15, 0.2) is 11.6 Å². The Balaban J connectivity index is 1.89. The minimum absolute atomic E-state index is 0.246. The lowest BCUT2D eigenvalue weighted by Gasteiger charge is -2.07. The first-order valence-corrected chi connectivity index (χ1v) is 8.36. The molecule has 2 N–H and O–H groups in total. The Morgan fingerprint density at radius 2 is 2.12 bits per heavy atom. The topological polar surface area (TPSA) is 92.9 Å². The van der Waals surface area contributed by atoms with Crippen molar-refractivity contribution in [3.8, 4) is 17.1 Å². The van der Waals surface area contributed by atoms with Gasteiger partial charge in [-0.2, -0.15) is 0 Å². The van der Waals surface area contributed by atoms with Gasteiger partial charge in [-0.05, 0) is 31.2 Å². The van der Waals surface area contributed by atoms with Gasteiger partial charge in [-0.25, -0.2) is 19.4 Å². The molecule has 0 bridgehead atoms. The average molecular weight is 351 g/mol. The van der Waals surface area contributed by atoms with Crippen LogP contribution in [0.25, 0.3) is 27.3 Å². The summed E-state index contributed by atoms with van der Waals surface area (Å²) in [7, 11) is 0. The number of hydrogen-bond acceptors (Lipinski definition) is 5. The highest BCUT2D eigenvalue weighted by molar-refractivity contribution is 7.16. The van der Waals surface area contributed by atoms with Gasteiger partial charge >= 0.3 is 6.09 Å². The van der Waals surface area contributed by atoms with E-state index in [1.165, 1.54) is 0 Å². The second-order valence-corrected chi connectivity index (χ2v) is 6.32. The fourth-order valence-electron chi connectivity index (χ4n) is 2.59. The van der Waals surface area contributed by atoms with E-state index in [9.17, 15) is 4.79 Å². The van der Waals surface area contributed by atoms with Gasteiger partial charge in [0.1, 0.15) is 0 Å². The average Bonchev–Trinajstić information content (AvgIpc) is 3.20. The minimum atomic E-state index is -1.16. The van der Waals surface area contributed by atoms with Gasteiger partial charge in [0, 0.05) is 17.3 Å². The largest absolute Gasteiger partial charge is 0.465 e. The molecule has 0 spiro atoms. The predicted molar refractivity (Wildman–Crippen MR) is 96.4 cm³/mol. The SMILES string of the molecule is Cc1cccc(-n2nc(NC(=O)O)cc2-c2ccc3ncsc3c2)n1. The molecule has 124 valence electrons. The van der Waals surface area contributed by atoms with Crippen LogP contribution in [-0.2, 0) is 0 Å². The number of nitrogens with one attached hydrogen (secondary N) is 1. The second-order valence-electron chi connectivity index (χ2n) is 5.43. The molecular formula is C17H13N5O2S. The highest BCUT2D eigenvalue weighted by atomic mass is 32.1. The van der Waals surface area contributed by atoms with E-state index in [1.54, 1.807) is 27.6 Å². The number of aromatic nitrogens is 4. The lowest BCUT2D eigenvalue weighted by atomic mass is 10.1. The van der Waals surface area contributed by atoms with Crippen LogP contribution < -0.4 is 5.32 Å². The Morgan fingerprint density at radius 1 is 1.24 bits per heavy atom. The number of rotatable bonds is 3.